The van der Waals surface area contributed by atoms with Crippen LogP contribution in [0.15, 0.2) is 34.5 Å². The van der Waals surface area contributed by atoms with Crippen molar-refractivity contribution in [2.45, 2.75) is 20.3 Å². The lowest BCUT2D eigenvalue weighted by atomic mass is 10.1. The van der Waals surface area contributed by atoms with E-state index in [1.54, 1.807) is 12.1 Å². The van der Waals surface area contributed by atoms with Gasteiger partial charge in [-0.3, -0.25) is 9.79 Å². The van der Waals surface area contributed by atoms with Crippen molar-refractivity contribution in [3.8, 4) is 0 Å². The monoisotopic (exact) mass is 281 g/mol. The van der Waals surface area contributed by atoms with Crippen molar-refractivity contribution in [2.24, 2.45) is 10.7 Å². The third-order valence-corrected chi connectivity index (χ3v) is 2.90. The largest absolute Gasteiger partial charge is 0.397 e. The molecule has 0 spiro atoms. The Hall–Kier alpha value is -2.24. The first-order chi connectivity index (χ1) is 9.38. The minimum Gasteiger partial charge on any atom is -0.397 e. The lowest BCUT2D eigenvalue weighted by molar-refractivity contribution is -0.112. The number of carbonyl (C=O) groups excluding carboxylic acids is 1. The average molecular weight is 281 g/mol. The smallest absolute Gasteiger partial charge is 0.278 e. The van der Waals surface area contributed by atoms with E-state index in [1.165, 1.54) is 7.05 Å². The van der Waals surface area contributed by atoms with Crippen molar-refractivity contribution < 1.29 is 13.6 Å². The fraction of sp³-hybridized carbons (Fsp3) is 0.286. The number of anilines is 1. The van der Waals surface area contributed by atoms with Gasteiger partial charge < -0.3 is 11.1 Å². The summed E-state index contributed by atoms with van der Waals surface area (Å²) >= 11 is 0. The van der Waals surface area contributed by atoms with Crippen molar-refractivity contribution in [3.63, 3.8) is 0 Å². The van der Waals surface area contributed by atoms with Crippen molar-refractivity contribution in [2.75, 3.05) is 12.4 Å². The molecule has 0 radical (unpaired) electrons. The van der Waals surface area contributed by atoms with Gasteiger partial charge in [-0.2, -0.15) is 0 Å². The van der Waals surface area contributed by atoms with Crippen LogP contribution in [0.1, 0.15) is 11.1 Å². The molecule has 0 aromatic heterocycles. The topological polar surface area (TPSA) is 67.5 Å². The molecule has 6 heteroatoms. The number of nitrogens with two attached hydrogens (primary N) is 1. The second-order valence-corrected chi connectivity index (χ2v) is 4.26. The molecule has 1 aromatic carbocycles. The predicted molar refractivity (Wildman–Crippen MR) is 76.2 cm³/mol. The molecule has 108 valence electrons. The predicted octanol–water partition coefficient (Wildman–Crippen LogP) is 2.42. The van der Waals surface area contributed by atoms with E-state index in [9.17, 15) is 13.6 Å². The Kier molecular flexibility index (Phi) is 5.37. The highest BCUT2D eigenvalue weighted by Crippen LogP contribution is 2.19. The summed E-state index contributed by atoms with van der Waals surface area (Å²) in [7, 11) is 1.38. The third kappa shape index (κ3) is 3.63. The standard InChI is InChI=1S/C14H17F2N3O/c1-8-5-4-6-11(9(8)2)19-14(20)10(7-18-3)12(17)13(15)16/h4-7,13H,17H2,1-3H3,(H,19,20). The van der Waals surface area contributed by atoms with E-state index in [0.29, 0.717) is 5.69 Å². The molecule has 0 aliphatic heterocycles. The molecule has 0 saturated carbocycles. The van der Waals surface area contributed by atoms with E-state index in [1.807, 2.05) is 19.9 Å². The molecule has 0 aliphatic rings. The molecule has 1 rings (SSSR count). The van der Waals surface area contributed by atoms with Gasteiger partial charge in [0.05, 0.1) is 11.3 Å². The second kappa shape index (κ2) is 6.79. The number of nitrogens with zero attached hydrogens (tertiary/aromatic N) is 1. The van der Waals surface area contributed by atoms with Gasteiger partial charge in [0.15, 0.2) is 0 Å². The summed E-state index contributed by atoms with van der Waals surface area (Å²) in [5.74, 6) is -0.706. The molecular weight excluding hydrogens is 264 g/mol. The van der Waals surface area contributed by atoms with E-state index in [2.05, 4.69) is 10.3 Å². The van der Waals surface area contributed by atoms with Gasteiger partial charge in [0, 0.05) is 18.9 Å². The molecule has 0 unspecified atom stereocenters. The summed E-state index contributed by atoms with van der Waals surface area (Å²) < 4.78 is 25.2. The lowest BCUT2D eigenvalue weighted by Crippen LogP contribution is -2.23. The van der Waals surface area contributed by atoms with E-state index in [-0.39, 0.29) is 5.57 Å². The van der Waals surface area contributed by atoms with Crippen molar-refractivity contribution >= 4 is 17.8 Å². The summed E-state index contributed by atoms with van der Waals surface area (Å²) in [6.07, 6.45) is -1.88. The number of carbonyl (C=O) groups is 1. The minimum absolute atomic E-state index is 0.330. The lowest BCUT2D eigenvalue weighted by Gasteiger charge is -2.12. The van der Waals surface area contributed by atoms with Gasteiger partial charge in [0.1, 0.15) is 0 Å². The van der Waals surface area contributed by atoms with Crippen LogP contribution >= 0.6 is 0 Å². The minimum atomic E-state index is -2.91. The zero-order valence-electron chi connectivity index (χ0n) is 11.6. The Morgan fingerprint density at radius 3 is 2.60 bits per heavy atom. The number of nitrogens with one attached hydrogen (secondary N) is 1. The highest BCUT2D eigenvalue weighted by atomic mass is 19.3. The molecule has 0 atom stereocenters. The van der Waals surface area contributed by atoms with Gasteiger partial charge in [-0.25, -0.2) is 8.78 Å². The molecule has 0 saturated heterocycles. The number of hydrogen-bond acceptors (Lipinski definition) is 3. The molecule has 1 aromatic rings. The molecule has 3 N–H and O–H groups in total. The number of aryl methyl sites for hydroxylation is 1. The summed E-state index contributed by atoms with van der Waals surface area (Å²) in [5, 5.41) is 2.57. The summed E-state index contributed by atoms with van der Waals surface area (Å²) in [6.45, 7) is 3.72. The SMILES string of the molecule is CN=CC(C(=O)Nc1cccc(C)c1C)=C(N)C(F)F. The van der Waals surface area contributed by atoms with Crippen LogP contribution < -0.4 is 11.1 Å². The molecule has 20 heavy (non-hydrogen) atoms. The maximum Gasteiger partial charge on any atom is 0.278 e. The van der Waals surface area contributed by atoms with Gasteiger partial charge in [0.25, 0.3) is 12.3 Å². The van der Waals surface area contributed by atoms with Crippen LogP contribution in [0.2, 0.25) is 0 Å². The number of halogens is 2. The van der Waals surface area contributed by atoms with Crippen LogP contribution in [-0.2, 0) is 4.79 Å². The molecular formula is C14H17F2N3O. The number of allylic oxidation sites excluding steroid dienone is 1. The molecule has 0 bridgehead atoms. The van der Waals surface area contributed by atoms with Crippen LogP contribution in [0.3, 0.4) is 0 Å². The first-order valence-corrected chi connectivity index (χ1v) is 5.96. The van der Waals surface area contributed by atoms with Crippen LogP contribution in [-0.4, -0.2) is 25.6 Å². The normalized spacial score (nSPS) is 12.7. The number of hydrogen-bond donors (Lipinski definition) is 2. The molecule has 1 amide bonds. The van der Waals surface area contributed by atoms with Crippen LogP contribution in [0.5, 0.6) is 0 Å². The number of alkyl halides is 2. The van der Waals surface area contributed by atoms with Crippen molar-refractivity contribution in [3.05, 3.63) is 40.6 Å². The highest BCUT2D eigenvalue weighted by molar-refractivity contribution is 6.18. The van der Waals surface area contributed by atoms with Crippen LogP contribution in [0, 0.1) is 13.8 Å². The van der Waals surface area contributed by atoms with Crippen molar-refractivity contribution in [1.29, 1.82) is 0 Å². The number of rotatable bonds is 4. The van der Waals surface area contributed by atoms with Crippen LogP contribution in [0.4, 0.5) is 14.5 Å². The van der Waals surface area contributed by atoms with Gasteiger partial charge in [-0.05, 0) is 31.0 Å². The van der Waals surface area contributed by atoms with Crippen LogP contribution in [0.25, 0.3) is 0 Å². The van der Waals surface area contributed by atoms with Gasteiger partial charge in [0.2, 0.25) is 0 Å². The zero-order valence-corrected chi connectivity index (χ0v) is 11.6. The number of aliphatic imine (C=N–C) groups is 1. The Labute approximate surface area is 116 Å². The maximum absolute atomic E-state index is 12.6. The highest BCUT2D eigenvalue weighted by Gasteiger charge is 2.19. The van der Waals surface area contributed by atoms with Gasteiger partial charge >= 0.3 is 0 Å². The second-order valence-electron chi connectivity index (χ2n) is 4.26. The average Bonchev–Trinajstić information content (AvgIpc) is 2.40. The van der Waals surface area contributed by atoms with E-state index in [4.69, 9.17) is 5.73 Å². The Morgan fingerprint density at radius 1 is 1.40 bits per heavy atom. The summed E-state index contributed by atoms with van der Waals surface area (Å²) in [5.41, 5.74) is 6.53. The van der Waals surface area contributed by atoms with Crippen molar-refractivity contribution in [1.82, 2.24) is 0 Å². The third-order valence-electron chi connectivity index (χ3n) is 2.90. The van der Waals surface area contributed by atoms with E-state index in [0.717, 1.165) is 17.3 Å². The first-order valence-electron chi connectivity index (χ1n) is 5.96. The summed E-state index contributed by atoms with van der Waals surface area (Å²) in [6, 6.07) is 5.36. The van der Waals surface area contributed by atoms with E-state index < -0.39 is 18.0 Å². The number of amides is 1. The Bertz CT molecular complexity index is 566. The Morgan fingerprint density at radius 2 is 2.05 bits per heavy atom. The van der Waals surface area contributed by atoms with E-state index >= 15 is 0 Å². The van der Waals surface area contributed by atoms with Gasteiger partial charge in [-0.15, -0.1) is 0 Å². The zero-order chi connectivity index (χ0) is 15.3. The fourth-order valence-corrected chi connectivity index (χ4v) is 1.59. The summed E-state index contributed by atoms with van der Waals surface area (Å²) in [4.78, 5) is 15.6. The van der Waals surface area contributed by atoms with Gasteiger partial charge in [-0.1, -0.05) is 12.1 Å². The first kappa shape index (κ1) is 15.8. The molecule has 4 nitrogen and oxygen atoms in total. The molecule has 0 aliphatic carbocycles. The quantitative estimate of drug-likeness (QED) is 0.657. The fourth-order valence-electron chi connectivity index (χ4n) is 1.59. The molecule has 0 fully saturated rings. The number of benzene rings is 1. The maximum atomic E-state index is 12.6. The molecule has 0 heterocycles. The Balaban J connectivity index is 3.10.